The average molecular weight is 256 g/mol. The number of anilines is 1. The lowest BCUT2D eigenvalue weighted by Gasteiger charge is -2.17. The molecule has 0 aliphatic heterocycles. The monoisotopic (exact) mass is 256 g/mol. The molecule has 0 aliphatic rings. The third-order valence-corrected chi connectivity index (χ3v) is 2.74. The molecule has 0 bridgehead atoms. The summed E-state index contributed by atoms with van der Waals surface area (Å²) in [6.45, 7) is 2.59. The molecule has 0 atom stereocenters. The van der Waals surface area contributed by atoms with E-state index in [1.807, 2.05) is 6.92 Å². The molecule has 0 spiro atoms. The maximum atomic E-state index is 11.2. The quantitative estimate of drug-likeness (QED) is 0.583. The van der Waals surface area contributed by atoms with Crippen molar-refractivity contribution in [2.45, 2.75) is 26.2 Å². The zero-order chi connectivity index (χ0) is 13.7. The van der Waals surface area contributed by atoms with E-state index in [0.29, 0.717) is 30.9 Å². The maximum Gasteiger partial charge on any atom is 0.334 e. The van der Waals surface area contributed by atoms with E-state index in [2.05, 4.69) is 5.10 Å². The van der Waals surface area contributed by atoms with Crippen LogP contribution in [0.5, 0.6) is 0 Å². The zero-order valence-corrected chi connectivity index (χ0v) is 11.1. The Bertz CT molecular complexity index is 417. The standard InChI is InChI=1S/C11H20N4O3/c1-4-6-9-10(15(17)18)11(14(3)12-9)13(2)7-5-8-16/h16H,4-8H2,1-3H3. The highest BCUT2D eigenvalue weighted by Gasteiger charge is 2.28. The summed E-state index contributed by atoms with van der Waals surface area (Å²) < 4.78 is 1.54. The normalized spacial score (nSPS) is 10.7. The van der Waals surface area contributed by atoms with E-state index < -0.39 is 0 Å². The third-order valence-electron chi connectivity index (χ3n) is 2.74. The highest BCUT2D eigenvalue weighted by molar-refractivity contribution is 5.61. The molecule has 18 heavy (non-hydrogen) atoms. The van der Waals surface area contributed by atoms with Gasteiger partial charge in [-0.2, -0.15) is 5.10 Å². The van der Waals surface area contributed by atoms with Gasteiger partial charge in [-0.15, -0.1) is 0 Å². The van der Waals surface area contributed by atoms with Gasteiger partial charge in [0, 0.05) is 27.2 Å². The van der Waals surface area contributed by atoms with E-state index in [4.69, 9.17) is 5.11 Å². The number of aliphatic hydroxyl groups excluding tert-OH is 1. The van der Waals surface area contributed by atoms with Crippen molar-refractivity contribution in [3.8, 4) is 0 Å². The molecule has 7 nitrogen and oxygen atoms in total. The number of aromatic nitrogens is 2. The van der Waals surface area contributed by atoms with Crippen LogP contribution in [0.15, 0.2) is 0 Å². The van der Waals surface area contributed by atoms with Gasteiger partial charge >= 0.3 is 5.69 Å². The Morgan fingerprint density at radius 1 is 1.56 bits per heavy atom. The second-order valence-corrected chi connectivity index (χ2v) is 4.25. The molecule has 102 valence electrons. The maximum absolute atomic E-state index is 11.2. The largest absolute Gasteiger partial charge is 0.396 e. The number of hydrogen-bond acceptors (Lipinski definition) is 5. The van der Waals surface area contributed by atoms with Gasteiger partial charge in [0.25, 0.3) is 0 Å². The van der Waals surface area contributed by atoms with Crippen molar-refractivity contribution in [2.24, 2.45) is 7.05 Å². The fraction of sp³-hybridized carbons (Fsp3) is 0.727. The van der Waals surface area contributed by atoms with E-state index >= 15 is 0 Å². The van der Waals surface area contributed by atoms with Crippen molar-refractivity contribution >= 4 is 11.5 Å². The molecule has 1 aromatic rings. The lowest BCUT2D eigenvalue weighted by Crippen LogP contribution is -2.22. The van der Waals surface area contributed by atoms with Crippen molar-refractivity contribution in [3.63, 3.8) is 0 Å². The van der Waals surface area contributed by atoms with Crippen LogP contribution in [0.25, 0.3) is 0 Å². The molecule has 0 fully saturated rings. The first-order chi connectivity index (χ1) is 8.52. The first-order valence-electron chi connectivity index (χ1n) is 6.05. The van der Waals surface area contributed by atoms with Gasteiger partial charge in [-0.3, -0.25) is 10.1 Å². The summed E-state index contributed by atoms with van der Waals surface area (Å²) in [4.78, 5) is 12.6. The minimum absolute atomic E-state index is 0.0673. The van der Waals surface area contributed by atoms with Crippen LogP contribution in [-0.2, 0) is 13.5 Å². The van der Waals surface area contributed by atoms with Crippen LogP contribution in [0.3, 0.4) is 0 Å². The molecule has 1 rings (SSSR count). The Kier molecular flexibility index (Phi) is 5.08. The Morgan fingerprint density at radius 3 is 2.72 bits per heavy atom. The first kappa shape index (κ1) is 14.4. The van der Waals surface area contributed by atoms with Crippen molar-refractivity contribution in [2.75, 3.05) is 25.1 Å². The van der Waals surface area contributed by atoms with Crippen LogP contribution in [0.2, 0.25) is 0 Å². The number of aliphatic hydroxyl groups is 1. The van der Waals surface area contributed by atoms with Crippen LogP contribution in [0.4, 0.5) is 11.5 Å². The molecule has 0 amide bonds. The van der Waals surface area contributed by atoms with Gasteiger partial charge in [0.2, 0.25) is 5.82 Å². The summed E-state index contributed by atoms with van der Waals surface area (Å²) in [5, 5.41) is 24.2. The summed E-state index contributed by atoms with van der Waals surface area (Å²) in [5.41, 5.74) is 0.607. The molecular formula is C11H20N4O3. The SMILES string of the molecule is CCCc1nn(C)c(N(C)CCCO)c1[N+](=O)[O-]. The zero-order valence-electron chi connectivity index (χ0n) is 11.1. The average Bonchev–Trinajstić information content (AvgIpc) is 2.63. The van der Waals surface area contributed by atoms with Crippen LogP contribution in [0.1, 0.15) is 25.5 Å². The van der Waals surface area contributed by atoms with Gasteiger partial charge in [-0.1, -0.05) is 13.3 Å². The minimum Gasteiger partial charge on any atom is -0.396 e. The smallest absolute Gasteiger partial charge is 0.334 e. The summed E-state index contributed by atoms with van der Waals surface area (Å²) in [5.74, 6) is 0.497. The van der Waals surface area contributed by atoms with Crippen LogP contribution in [0, 0.1) is 10.1 Å². The van der Waals surface area contributed by atoms with Crippen LogP contribution < -0.4 is 4.90 Å². The summed E-state index contributed by atoms with van der Waals surface area (Å²) in [7, 11) is 3.48. The fourth-order valence-electron chi connectivity index (χ4n) is 1.99. The predicted octanol–water partition coefficient (Wildman–Crippen LogP) is 1.10. The Morgan fingerprint density at radius 2 is 2.22 bits per heavy atom. The minimum atomic E-state index is -0.372. The predicted molar refractivity (Wildman–Crippen MR) is 68.8 cm³/mol. The molecule has 0 saturated heterocycles. The summed E-state index contributed by atoms with van der Waals surface area (Å²) in [6.07, 6.45) is 1.98. The molecule has 0 saturated carbocycles. The molecule has 0 unspecified atom stereocenters. The second-order valence-electron chi connectivity index (χ2n) is 4.25. The Balaban J connectivity index is 3.12. The van der Waals surface area contributed by atoms with Gasteiger partial charge in [-0.05, 0) is 12.8 Å². The van der Waals surface area contributed by atoms with Crippen molar-refractivity contribution in [1.82, 2.24) is 9.78 Å². The van der Waals surface area contributed by atoms with Gasteiger partial charge in [0.1, 0.15) is 5.69 Å². The first-order valence-corrected chi connectivity index (χ1v) is 6.05. The second kappa shape index (κ2) is 6.34. The fourth-order valence-corrected chi connectivity index (χ4v) is 1.99. The van der Waals surface area contributed by atoms with Crippen LogP contribution >= 0.6 is 0 Å². The number of rotatable bonds is 7. The van der Waals surface area contributed by atoms with E-state index in [1.54, 1.807) is 23.7 Å². The summed E-state index contributed by atoms with van der Waals surface area (Å²) in [6, 6.07) is 0. The molecule has 7 heteroatoms. The number of hydrogen-bond donors (Lipinski definition) is 1. The van der Waals surface area contributed by atoms with E-state index in [9.17, 15) is 10.1 Å². The highest BCUT2D eigenvalue weighted by atomic mass is 16.6. The van der Waals surface area contributed by atoms with Crippen molar-refractivity contribution in [1.29, 1.82) is 0 Å². The number of nitro groups is 1. The number of nitrogens with zero attached hydrogens (tertiary/aromatic N) is 4. The highest BCUT2D eigenvalue weighted by Crippen LogP contribution is 2.31. The molecule has 0 aliphatic carbocycles. The Hall–Kier alpha value is -1.63. The van der Waals surface area contributed by atoms with E-state index in [0.717, 1.165) is 6.42 Å². The van der Waals surface area contributed by atoms with Gasteiger partial charge in [0.05, 0.1) is 4.92 Å². The molecule has 0 aromatic carbocycles. The Labute approximate surface area is 106 Å². The van der Waals surface area contributed by atoms with Crippen LogP contribution in [-0.4, -0.2) is 40.0 Å². The topological polar surface area (TPSA) is 84.4 Å². The van der Waals surface area contributed by atoms with Crippen molar-refractivity contribution in [3.05, 3.63) is 15.8 Å². The molecule has 0 radical (unpaired) electrons. The van der Waals surface area contributed by atoms with Gasteiger partial charge in [-0.25, -0.2) is 4.68 Å². The molecule has 1 heterocycles. The molecule has 1 N–H and O–H groups in total. The third kappa shape index (κ3) is 2.98. The molecular weight excluding hydrogens is 236 g/mol. The number of aryl methyl sites for hydroxylation is 2. The summed E-state index contributed by atoms with van der Waals surface area (Å²) >= 11 is 0. The van der Waals surface area contributed by atoms with Crippen molar-refractivity contribution < 1.29 is 10.0 Å². The molecule has 1 aromatic heterocycles. The van der Waals surface area contributed by atoms with E-state index in [-0.39, 0.29) is 17.2 Å². The lowest BCUT2D eigenvalue weighted by molar-refractivity contribution is -0.384. The van der Waals surface area contributed by atoms with Gasteiger partial charge in [0.15, 0.2) is 0 Å². The lowest BCUT2D eigenvalue weighted by atomic mass is 10.2. The van der Waals surface area contributed by atoms with E-state index in [1.165, 1.54) is 0 Å². The van der Waals surface area contributed by atoms with Gasteiger partial charge < -0.3 is 10.0 Å².